The molecule has 0 bridgehead atoms. The van der Waals surface area contributed by atoms with E-state index < -0.39 is 5.97 Å². The predicted octanol–water partition coefficient (Wildman–Crippen LogP) is 1.59. The van der Waals surface area contributed by atoms with E-state index in [2.05, 4.69) is 0 Å². The second-order valence-electron chi connectivity index (χ2n) is 4.25. The highest BCUT2D eigenvalue weighted by Crippen LogP contribution is 2.27. The lowest BCUT2D eigenvalue weighted by Gasteiger charge is -2.13. The van der Waals surface area contributed by atoms with Crippen molar-refractivity contribution in [3.63, 3.8) is 0 Å². The summed E-state index contributed by atoms with van der Waals surface area (Å²) in [6.45, 7) is 0. The molecule has 0 atom stereocenters. The lowest BCUT2D eigenvalue weighted by molar-refractivity contribution is -0.136. The molecule has 1 saturated carbocycles. The minimum Gasteiger partial charge on any atom is -0.481 e. The van der Waals surface area contributed by atoms with Crippen LogP contribution in [0, 0.1) is 0 Å². The molecule has 86 valence electrons. The SMILES string of the molecule is O=C(O)Cc1cccn(C2CCCC2)c1=O. The number of hydrogen-bond acceptors (Lipinski definition) is 2. The third-order valence-corrected chi connectivity index (χ3v) is 3.11. The average molecular weight is 221 g/mol. The lowest BCUT2D eigenvalue weighted by Crippen LogP contribution is -2.26. The molecule has 1 aromatic rings. The summed E-state index contributed by atoms with van der Waals surface area (Å²) in [6.07, 6.45) is 5.93. The zero-order valence-corrected chi connectivity index (χ0v) is 9.06. The quantitative estimate of drug-likeness (QED) is 0.843. The fourth-order valence-corrected chi connectivity index (χ4v) is 2.32. The van der Waals surface area contributed by atoms with Gasteiger partial charge in [-0.05, 0) is 18.9 Å². The molecule has 16 heavy (non-hydrogen) atoms. The maximum absolute atomic E-state index is 12.0. The Morgan fingerprint density at radius 2 is 2.12 bits per heavy atom. The van der Waals surface area contributed by atoms with E-state index in [4.69, 9.17) is 5.11 Å². The minimum atomic E-state index is -0.957. The molecule has 1 aliphatic carbocycles. The molecule has 0 amide bonds. The van der Waals surface area contributed by atoms with Gasteiger partial charge in [0.15, 0.2) is 0 Å². The second kappa shape index (κ2) is 4.51. The van der Waals surface area contributed by atoms with Gasteiger partial charge in [-0.25, -0.2) is 0 Å². The van der Waals surface area contributed by atoms with Crippen molar-refractivity contribution < 1.29 is 9.90 Å². The zero-order chi connectivity index (χ0) is 11.5. The Morgan fingerprint density at radius 1 is 1.44 bits per heavy atom. The van der Waals surface area contributed by atoms with Crippen LogP contribution in [0.25, 0.3) is 0 Å². The van der Waals surface area contributed by atoms with Gasteiger partial charge in [0.1, 0.15) is 0 Å². The molecule has 1 N–H and O–H groups in total. The number of nitrogens with zero attached hydrogens (tertiary/aromatic N) is 1. The molecule has 1 fully saturated rings. The van der Waals surface area contributed by atoms with Gasteiger partial charge in [0.25, 0.3) is 5.56 Å². The fraction of sp³-hybridized carbons (Fsp3) is 0.500. The van der Waals surface area contributed by atoms with Gasteiger partial charge in [-0.2, -0.15) is 0 Å². The van der Waals surface area contributed by atoms with E-state index >= 15 is 0 Å². The van der Waals surface area contributed by atoms with Gasteiger partial charge in [0.2, 0.25) is 0 Å². The first-order valence-electron chi connectivity index (χ1n) is 5.60. The number of aliphatic carboxylic acids is 1. The van der Waals surface area contributed by atoms with Crippen LogP contribution in [-0.4, -0.2) is 15.6 Å². The van der Waals surface area contributed by atoms with Gasteiger partial charge in [-0.15, -0.1) is 0 Å². The normalized spacial score (nSPS) is 16.5. The van der Waals surface area contributed by atoms with E-state index in [9.17, 15) is 9.59 Å². The third kappa shape index (κ3) is 2.15. The first-order valence-corrected chi connectivity index (χ1v) is 5.60. The Kier molecular flexibility index (Phi) is 3.08. The molecule has 1 aliphatic rings. The second-order valence-corrected chi connectivity index (χ2v) is 4.25. The van der Waals surface area contributed by atoms with Gasteiger partial charge in [-0.3, -0.25) is 9.59 Å². The maximum Gasteiger partial charge on any atom is 0.308 e. The van der Waals surface area contributed by atoms with E-state index in [-0.39, 0.29) is 18.0 Å². The number of carboxylic acids is 1. The molecule has 4 nitrogen and oxygen atoms in total. The van der Waals surface area contributed by atoms with Crippen molar-refractivity contribution in [2.45, 2.75) is 38.1 Å². The Morgan fingerprint density at radius 3 is 2.75 bits per heavy atom. The van der Waals surface area contributed by atoms with Crippen molar-refractivity contribution in [1.82, 2.24) is 4.57 Å². The molecule has 2 rings (SSSR count). The van der Waals surface area contributed by atoms with Crippen molar-refractivity contribution >= 4 is 5.97 Å². The standard InChI is InChI=1S/C12H15NO3/c14-11(15)8-9-4-3-7-13(12(9)16)10-5-1-2-6-10/h3-4,7,10H,1-2,5-6,8H2,(H,14,15). The van der Waals surface area contributed by atoms with Crippen molar-refractivity contribution in [2.75, 3.05) is 0 Å². The van der Waals surface area contributed by atoms with E-state index in [1.807, 2.05) is 0 Å². The first-order chi connectivity index (χ1) is 7.68. The summed E-state index contributed by atoms with van der Waals surface area (Å²) in [4.78, 5) is 22.6. The average Bonchev–Trinajstić information content (AvgIpc) is 2.73. The van der Waals surface area contributed by atoms with Crippen LogP contribution in [-0.2, 0) is 11.2 Å². The van der Waals surface area contributed by atoms with Crippen LogP contribution in [0.5, 0.6) is 0 Å². The number of aromatic nitrogens is 1. The summed E-state index contributed by atoms with van der Waals surface area (Å²) in [5, 5.41) is 8.70. The molecule has 0 aromatic carbocycles. The van der Waals surface area contributed by atoms with Crippen molar-refractivity contribution in [1.29, 1.82) is 0 Å². The molecule has 4 heteroatoms. The summed E-state index contributed by atoms with van der Waals surface area (Å²) >= 11 is 0. The maximum atomic E-state index is 12.0. The van der Waals surface area contributed by atoms with Crippen molar-refractivity contribution in [2.24, 2.45) is 0 Å². The summed E-state index contributed by atoms with van der Waals surface area (Å²) in [7, 11) is 0. The monoisotopic (exact) mass is 221 g/mol. The van der Waals surface area contributed by atoms with Gasteiger partial charge in [0, 0.05) is 17.8 Å². The van der Waals surface area contributed by atoms with Crippen LogP contribution >= 0.6 is 0 Å². The zero-order valence-electron chi connectivity index (χ0n) is 9.06. The number of carboxylic acid groups (broad SMARTS) is 1. The lowest BCUT2D eigenvalue weighted by atomic mass is 10.2. The van der Waals surface area contributed by atoms with E-state index in [0.29, 0.717) is 5.56 Å². The Hall–Kier alpha value is -1.58. The topological polar surface area (TPSA) is 59.3 Å². The summed E-state index contributed by atoms with van der Waals surface area (Å²) in [5.74, 6) is -0.957. The van der Waals surface area contributed by atoms with E-state index in [1.54, 1.807) is 22.9 Å². The molecule has 1 aromatic heterocycles. The minimum absolute atomic E-state index is 0.142. The van der Waals surface area contributed by atoms with E-state index in [0.717, 1.165) is 25.7 Å². The molecular weight excluding hydrogens is 206 g/mol. The fourth-order valence-electron chi connectivity index (χ4n) is 2.32. The summed E-state index contributed by atoms with van der Waals surface area (Å²) < 4.78 is 1.70. The molecule has 0 saturated heterocycles. The Bertz CT molecular complexity index is 444. The number of rotatable bonds is 3. The smallest absolute Gasteiger partial charge is 0.308 e. The molecule has 0 unspecified atom stereocenters. The van der Waals surface area contributed by atoms with Crippen LogP contribution in [0.3, 0.4) is 0 Å². The van der Waals surface area contributed by atoms with Crippen LogP contribution in [0.15, 0.2) is 23.1 Å². The Labute approximate surface area is 93.5 Å². The molecular formula is C12H15NO3. The van der Waals surface area contributed by atoms with Crippen LogP contribution in [0.1, 0.15) is 37.3 Å². The van der Waals surface area contributed by atoms with Gasteiger partial charge >= 0.3 is 5.97 Å². The summed E-state index contributed by atoms with van der Waals surface area (Å²) in [5.41, 5.74) is 0.235. The highest BCUT2D eigenvalue weighted by atomic mass is 16.4. The first kappa shape index (κ1) is 10.9. The van der Waals surface area contributed by atoms with Gasteiger partial charge in [-0.1, -0.05) is 18.9 Å². The van der Waals surface area contributed by atoms with Crippen LogP contribution < -0.4 is 5.56 Å². The molecule has 1 heterocycles. The Balaban J connectivity index is 2.32. The van der Waals surface area contributed by atoms with Crippen molar-refractivity contribution in [3.05, 3.63) is 34.2 Å². The predicted molar refractivity (Wildman–Crippen MR) is 59.5 cm³/mol. The van der Waals surface area contributed by atoms with Crippen LogP contribution in [0.4, 0.5) is 0 Å². The molecule has 0 spiro atoms. The highest BCUT2D eigenvalue weighted by molar-refractivity contribution is 5.69. The van der Waals surface area contributed by atoms with E-state index in [1.165, 1.54) is 0 Å². The van der Waals surface area contributed by atoms with Crippen LogP contribution in [0.2, 0.25) is 0 Å². The highest BCUT2D eigenvalue weighted by Gasteiger charge is 2.18. The molecule has 0 aliphatic heterocycles. The van der Waals surface area contributed by atoms with Crippen molar-refractivity contribution in [3.8, 4) is 0 Å². The number of hydrogen-bond donors (Lipinski definition) is 1. The molecule has 0 radical (unpaired) electrons. The number of carbonyl (C=O) groups is 1. The van der Waals surface area contributed by atoms with Gasteiger partial charge in [0.05, 0.1) is 6.42 Å². The third-order valence-electron chi connectivity index (χ3n) is 3.11. The number of pyridine rings is 1. The summed E-state index contributed by atoms with van der Waals surface area (Å²) in [6, 6.07) is 3.63. The van der Waals surface area contributed by atoms with Gasteiger partial charge < -0.3 is 9.67 Å². The largest absolute Gasteiger partial charge is 0.481 e.